The molecule has 0 bridgehead atoms. The Bertz CT molecular complexity index is 1150. The second-order valence-corrected chi connectivity index (χ2v) is 7.05. The quantitative estimate of drug-likeness (QED) is 0.506. The van der Waals surface area contributed by atoms with Gasteiger partial charge in [0.2, 0.25) is 0 Å². The molecule has 2 aromatic carbocycles. The molecule has 0 fully saturated rings. The molecule has 29 heavy (non-hydrogen) atoms. The van der Waals surface area contributed by atoms with Gasteiger partial charge >= 0.3 is 0 Å². The largest absolute Gasteiger partial charge is 0.497 e. The highest BCUT2D eigenvalue weighted by molar-refractivity contribution is 6.16. The van der Waals surface area contributed by atoms with Gasteiger partial charge in [0.25, 0.3) is 5.91 Å². The SMILES string of the molecule is COc1ccc(C2NC(=O)c3c4cccccc-4c(-c4ccccc4)c3N2)cc1. The fraction of sp³-hybridized carbons (Fsp3) is 0.0800. The van der Waals surface area contributed by atoms with Gasteiger partial charge in [-0.25, -0.2) is 0 Å². The van der Waals surface area contributed by atoms with E-state index in [0.717, 1.165) is 39.3 Å². The molecule has 2 aliphatic carbocycles. The Hall–Kier alpha value is -3.79. The molecule has 142 valence electrons. The van der Waals surface area contributed by atoms with Gasteiger partial charge in [-0.1, -0.05) is 72.8 Å². The summed E-state index contributed by atoms with van der Waals surface area (Å²) in [6.45, 7) is 0. The van der Waals surface area contributed by atoms with E-state index >= 15 is 0 Å². The minimum Gasteiger partial charge on any atom is -0.497 e. The molecule has 1 atom stereocenters. The van der Waals surface area contributed by atoms with Crippen LogP contribution < -0.4 is 15.4 Å². The van der Waals surface area contributed by atoms with E-state index in [9.17, 15) is 4.79 Å². The lowest BCUT2D eigenvalue weighted by Gasteiger charge is -2.28. The molecule has 2 aromatic rings. The minimum absolute atomic E-state index is 0.0713. The first-order chi connectivity index (χ1) is 14.3. The van der Waals surface area contributed by atoms with Crippen LogP contribution in [0.5, 0.6) is 5.75 Å². The van der Waals surface area contributed by atoms with Gasteiger partial charge in [-0.05, 0) is 34.4 Å². The Kier molecular flexibility index (Phi) is 4.17. The van der Waals surface area contributed by atoms with Crippen molar-refractivity contribution in [3.8, 4) is 28.0 Å². The van der Waals surface area contributed by atoms with E-state index in [-0.39, 0.29) is 12.1 Å². The van der Waals surface area contributed by atoms with Crippen molar-refractivity contribution in [2.45, 2.75) is 6.17 Å². The van der Waals surface area contributed by atoms with Crippen LogP contribution in [-0.2, 0) is 0 Å². The monoisotopic (exact) mass is 380 g/mol. The first kappa shape index (κ1) is 17.3. The third kappa shape index (κ3) is 2.90. The molecule has 2 N–H and O–H groups in total. The fourth-order valence-electron chi connectivity index (χ4n) is 4.01. The number of amides is 1. The van der Waals surface area contributed by atoms with Crippen LogP contribution in [0.2, 0.25) is 0 Å². The molecular formula is C25H20N2O2. The first-order valence-corrected chi connectivity index (χ1v) is 9.58. The predicted molar refractivity (Wildman–Crippen MR) is 115 cm³/mol. The molecular weight excluding hydrogens is 360 g/mol. The van der Waals surface area contributed by atoms with Crippen molar-refractivity contribution in [3.05, 3.63) is 96.1 Å². The molecule has 4 nitrogen and oxygen atoms in total. The third-order valence-electron chi connectivity index (χ3n) is 5.38. The standard InChI is InChI=1S/C25H20N2O2/c1-29-18-14-12-17(13-15-18)24-26-23-21(16-8-4-2-5-9-16)19-10-6-3-7-11-20(19)22(23)25(28)27-24/h2-15,24,26H,1H3,(H,27,28). The zero-order valence-corrected chi connectivity index (χ0v) is 16.0. The molecule has 0 aromatic heterocycles. The molecule has 3 aliphatic rings. The second-order valence-electron chi connectivity index (χ2n) is 7.05. The fourth-order valence-corrected chi connectivity index (χ4v) is 4.01. The Balaban J connectivity index is 1.69. The van der Waals surface area contributed by atoms with E-state index in [1.807, 2.05) is 66.7 Å². The highest BCUT2D eigenvalue weighted by Crippen LogP contribution is 2.48. The number of benzene rings is 2. The summed E-state index contributed by atoms with van der Waals surface area (Å²) in [6, 6.07) is 28.0. The maximum absolute atomic E-state index is 13.2. The van der Waals surface area contributed by atoms with Crippen molar-refractivity contribution in [2.24, 2.45) is 0 Å². The summed E-state index contributed by atoms with van der Waals surface area (Å²) in [7, 11) is 1.64. The van der Waals surface area contributed by atoms with Crippen molar-refractivity contribution in [3.63, 3.8) is 0 Å². The Labute approximate surface area is 169 Å². The summed E-state index contributed by atoms with van der Waals surface area (Å²) in [5, 5.41) is 6.68. The van der Waals surface area contributed by atoms with E-state index < -0.39 is 0 Å². The molecule has 1 amide bonds. The van der Waals surface area contributed by atoms with Gasteiger partial charge in [0, 0.05) is 5.56 Å². The summed E-state index contributed by atoms with van der Waals surface area (Å²) in [5.41, 5.74) is 6.69. The van der Waals surface area contributed by atoms with Crippen molar-refractivity contribution < 1.29 is 9.53 Å². The normalized spacial score (nSPS) is 15.3. The summed E-state index contributed by atoms with van der Waals surface area (Å²) >= 11 is 0. The number of anilines is 1. The van der Waals surface area contributed by atoms with E-state index in [2.05, 4.69) is 28.8 Å². The van der Waals surface area contributed by atoms with Crippen LogP contribution in [0.15, 0.2) is 84.9 Å². The highest BCUT2D eigenvalue weighted by Gasteiger charge is 2.33. The van der Waals surface area contributed by atoms with Crippen LogP contribution in [0.25, 0.3) is 22.3 Å². The molecule has 0 saturated heterocycles. The molecule has 0 saturated carbocycles. The molecule has 1 unspecified atom stereocenters. The third-order valence-corrected chi connectivity index (χ3v) is 5.38. The summed E-state index contributed by atoms with van der Waals surface area (Å²) in [4.78, 5) is 13.2. The summed E-state index contributed by atoms with van der Waals surface area (Å²) in [6.07, 6.45) is -0.311. The maximum atomic E-state index is 13.2. The van der Waals surface area contributed by atoms with Gasteiger partial charge in [-0.3, -0.25) is 4.79 Å². The van der Waals surface area contributed by atoms with Crippen LogP contribution in [0.1, 0.15) is 22.1 Å². The predicted octanol–water partition coefficient (Wildman–Crippen LogP) is 5.32. The number of fused-ring (bicyclic) bond motifs is 3. The summed E-state index contributed by atoms with van der Waals surface area (Å²) < 4.78 is 5.25. The number of methoxy groups -OCH3 is 1. The van der Waals surface area contributed by atoms with E-state index in [0.29, 0.717) is 5.56 Å². The number of hydrogen-bond donors (Lipinski definition) is 2. The number of hydrogen-bond acceptors (Lipinski definition) is 3. The Morgan fingerprint density at radius 2 is 1.34 bits per heavy atom. The summed E-state index contributed by atoms with van der Waals surface area (Å²) in [5.74, 6) is 0.714. The van der Waals surface area contributed by atoms with E-state index in [1.165, 1.54) is 0 Å². The van der Waals surface area contributed by atoms with Crippen LogP contribution in [-0.4, -0.2) is 13.0 Å². The molecule has 0 spiro atoms. The zero-order chi connectivity index (χ0) is 19.8. The molecule has 1 aliphatic heterocycles. The molecule has 4 heteroatoms. The molecule has 0 radical (unpaired) electrons. The van der Waals surface area contributed by atoms with Gasteiger partial charge in [0.15, 0.2) is 0 Å². The average Bonchev–Trinajstić information content (AvgIpc) is 2.90. The van der Waals surface area contributed by atoms with Gasteiger partial charge < -0.3 is 15.4 Å². The zero-order valence-electron chi connectivity index (χ0n) is 16.0. The number of carbonyl (C=O) groups is 1. The van der Waals surface area contributed by atoms with Crippen molar-refractivity contribution in [1.29, 1.82) is 0 Å². The van der Waals surface area contributed by atoms with Crippen LogP contribution in [0, 0.1) is 0 Å². The smallest absolute Gasteiger partial charge is 0.255 e. The first-order valence-electron chi connectivity index (χ1n) is 9.58. The Morgan fingerprint density at radius 3 is 2.00 bits per heavy atom. The Morgan fingerprint density at radius 1 is 0.724 bits per heavy atom. The number of carbonyl (C=O) groups excluding carboxylic acids is 1. The minimum atomic E-state index is -0.311. The number of nitrogens with one attached hydrogen (secondary N) is 2. The lowest BCUT2D eigenvalue weighted by atomic mass is 10.0. The maximum Gasteiger partial charge on any atom is 0.255 e. The topological polar surface area (TPSA) is 50.4 Å². The van der Waals surface area contributed by atoms with Gasteiger partial charge in [-0.2, -0.15) is 0 Å². The van der Waals surface area contributed by atoms with Crippen molar-refractivity contribution in [2.75, 3.05) is 12.4 Å². The van der Waals surface area contributed by atoms with Gasteiger partial charge in [-0.15, -0.1) is 0 Å². The van der Waals surface area contributed by atoms with Gasteiger partial charge in [0.05, 0.1) is 18.4 Å². The number of ether oxygens (including phenoxy) is 1. The van der Waals surface area contributed by atoms with Crippen molar-refractivity contribution >= 4 is 11.6 Å². The molecule has 5 rings (SSSR count). The van der Waals surface area contributed by atoms with E-state index in [4.69, 9.17) is 4.74 Å². The lowest BCUT2D eigenvalue weighted by molar-refractivity contribution is 0.0937. The lowest BCUT2D eigenvalue weighted by Crippen LogP contribution is -2.38. The average molecular weight is 380 g/mol. The van der Waals surface area contributed by atoms with Crippen molar-refractivity contribution in [1.82, 2.24) is 5.32 Å². The van der Waals surface area contributed by atoms with Crippen LogP contribution >= 0.6 is 0 Å². The van der Waals surface area contributed by atoms with Gasteiger partial charge in [0.1, 0.15) is 11.9 Å². The van der Waals surface area contributed by atoms with E-state index in [1.54, 1.807) is 7.11 Å². The number of rotatable bonds is 3. The molecule has 1 heterocycles. The van der Waals surface area contributed by atoms with Crippen LogP contribution in [0.3, 0.4) is 0 Å². The highest BCUT2D eigenvalue weighted by atomic mass is 16.5. The van der Waals surface area contributed by atoms with Crippen LogP contribution in [0.4, 0.5) is 5.69 Å². The second kappa shape index (κ2) is 6.99.